The number of hydrogen-bond donors (Lipinski definition) is 0. The van der Waals surface area contributed by atoms with E-state index in [9.17, 15) is 5.26 Å². The zero-order valence-electron chi connectivity index (χ0n) is 19.8. The predicted molar refractivity (Wildman–Crippen MR) is 136 cm³/mol. The van der Waals surface area contributed by atoms with Gasteiger partial charge >= 0.3 is 0 Å². The van der Waals surface area contributed by atoms with Gasteiger partial charge in [0, 0.05) is 23.5 Å². The number of hydrogen-bond acceptors (Lipinski definition) is 5. The second kappa shape index (κ2) is 10.0. The van der Waals surface area contributed by atoms with Crippen LogP contribution in [0.3, 0.4) is 0 Å². The first-order valence-electron chi connectivity index (χ1n) is 11.1. The van der Waals surface area contributed by atoms with Gasteiger partial charge in [-0.05, 0) is 56.1 Å². The molecular formula is C27H28Cl2N2O3. The van der Waals surface area contributed by atoms with E-state index < -0.39 is 11.5 Å². The van der Waals surface area contributed by atoms with E-state index in [0.29, 0.717) is 27.1 Å². The number of ether oxygens (including phenoxy) is 3. The zero-order valence-corrected chi connectivity index (χ0v) is 21.3. The highest BCUT2D eigenvalue weighted by molar-refractivity contribution is 6.42. The normalized spacial score (nSPS) is 16.7. The maximum absolute atomic E-state index is 10.1. The van der Waals surface area contributed by atoms with Gasteiger partial charge in [-0.15, -0.1) is 0 Å². The Bertz CT molecular complexity index is 1250. The third-order valence-corrected chi connectivity index (χ3v) is 7.79. The van der Waals surface area contributed by atoms with Crippen LogP contribution < -0.4 is 9.47 Å². The summed E-state index contributed by atoms with van der Waals surface area (Å²) in [6.45, 7) is 1.78. The van der Waals surface area contributed by atoms with Crippen LogP contribution in [0.25, 0.3) is 10.8 Å². The van der Waals surface area contributed by atoms with Crippen LogP contribution in [-0.2, 0) is 10.2 Å². The van der Waals surface area contributed by atoms with E-state index in [2.05, 4.69) is 18.0 Å². The molecule has 1 fully saturated rings. The molecule has 178 valence electrons. The van der Waals surface area contributed by atoms with Crippen LogP contribution in [0.5, 0.6) is 11.5 Å². The number of nitrogens with zero attached hydrogens (tertiary/aromatic N) is 2. The Morgan fingerprint density at radius 1 is 0.941 bits per heavy atom. The molecule has 0 radical (unpaired) electrons. The molecule has 0 aliphatic carbocycles. The fraction of sp³-hybridized carbons (Fsp3) is 0.370. The van der Waals surface area contributed by atoms with Crippen molar-refractivity contribution in [1.82, 2.24) is 4.90 Å². The summed E-state index contributed by atoms with van der Waals surface area (Å²) in [5, 5.41) is 12.9. The highest BCUT2D eigenvalue weighted by Crippen LogP contribution is 2.53. The summed E-state index contributed by atoms with van der Waals surface area (Å²) in [6.07, 6.45) is 1.27. The quantitative estimate of drug-likeness (QED) is 0.394. The second-order valence-corrected chi connectivity index (χ2v) is 9.53. The van der Waals surface area contributed by atoms with E-state index in [4.69, 9.17) is 37.4 Å². The molecule has 0 saturated carbocycles. The average molecular weight is 499 g/mol. The number of nitriles is 1. The lowest BCUT2D eigenvalue weighted by Gasteiger charge is -2.46. The third kappa shape index (κ3) is 3.99. The molecule has 1 aliphatic rings. The number of halogens is 2. The summed E-state index contributed by atoms with van der Waals surface area (Å²) < 4.78 is 17.9. The highest BCUT2D eigenvalue weighted by Gasteiger charge is 2.46. The number of likely N-dealkylation sites (tertiary alicyclic amines) is 1. The minimum atomic E-state index is -0.410. The van der Waals surface area contributed by atoms with Gasteiger partial charge < -0.3 is 19.1 Å². The van der Waals surface area contributed by atoms with E-state index in [0.717, 1.165) is 47.8 Å². The Labute approximate surface area is 210 Å². The lowest BCUT2D eigenvalue weighted by Crippen LogP contribution is -2.45. The number of methoxy groups -OCH3 is 3. The van der Waals surface area contributed by atoms with Gasteiger partial charge in [-0.1, -0.05) is 53.5 Å². The molecule has 34 heavy (non-hydrogen) atoms. The Kier molecular flexibility index (Phi) is 7.25. The van der Waals surface area contributed by atoms with Crippen molar-refractivity contribution in [2.75, 3.05) is 41.5 Å². The molecule has 1 aliphatic heterocycles. The largest absolute Gasteiger partial charge is 0.495 e. The molecule has 5 nitrogen and oxygen atoms in total. The van der Waals surface area contributed by atoms with Gasteiger partial charge in [0.25, 0.3) is 0 Å². The lowest BCUT2D eigenvalue weighted by atomic mass is 9.66. The van der Waals surface area contributed by atoms with Crippen molar-refractivity contribution in [2.45, 2.75) is 24.4 Å². The van der Waals surface area contributed by atoms with Crippen LogP contribution in [-0.4, -0.2) is 46.4 Å². The molecule has 4 rings (SSSR count). The lowest BCUT2D eigenvalue weighted by molar-refractivity contribution is -0.00144. The first kappa shape index (κ1) is 24.6. The van der Waals surface area contributed by atoms with Crippen molar-refractivity contribution in [3.05, 3.63) is 69.2 Å². The second-order valence-electron chi connectivity index (χ2n) is 8.72. The summed E-state index contributed by atoms with van der Waals surface area (Å²) in [6, 6.07) is 16.0. The topological polar surface area (TPSA) is 54.7 Å². The van der Waals surface area contributed by atoms with Gasteiger partial charge in [0.2, 0.25) is 0 Å². The Hall–Kier alpha value is -2.49. The Balaban J connectivity index is 2.07. The minimum Gasteiger partial charge on any atom is -0.495 e. The average Bonchev–Trinajstić information content (AvgIpc) is 2.86. The molecule has 0 N–H and O–H groups in total. The molecule has 1 unspecified atom stereocenters. The first-order valence-corrected chi connectivity index (χ1v) is 11.9. The first-order chi connectivity index (χ1) is 16.4. The molecule has 0 spiro atoms. The maximum atomic E-state index is 10.1. The van der Waals surface area contributed by atoms with Gasteiger partial charge in [0.15, 0.2) is 0 Å². The summed E-state index contributed by atoms with van der Waals surface area (Å²) in [7, 11) is 7.00. The van der Waals surface area contributed by atoms with Gasteiger partial charge in [-0.3, -0.25) is 0 Å². The van der Waals surface area contributed by atoms with Crippen LogP contribution in [0.2, 0.25) is 10.0 Å². The number of piperidine rings is 1. The van der Waals surface area contributed by atoms with Crippen molar-refractivity contribution in [3.8, 4) is 17.6 Å². The van der Waals surface area contributed by atoms with E-state index >= 15 is 0 Å². The van der Waals surface area contributed by atoms with Crippen LogP contribution in [0.1, 0.15) is 35.6 Å². The standard InChI is InChI=1S/C27H28Cl2N2O3/c1-31-13-11-27(12-14-31,17-9-10-21(28)22(29)15-17)26(34-4)23-18-7-5-6-8-19(18)24(32-2)20(16-30)25(23)33-3/h5-10,15,26H,11-14H2,1-4H3. The van der Waals surface area contributed by atoms with E-state index in [1.165, 1.54) is 0 Å². The fourth-order valence-electron chi connectivity index (χ4n) is 5.34. The third-order valence-electron chi connectivity index (χ3n) is 7.05. The molecule has 3 aromatic carbocycles. The summed E-state index contributed by atoms with van der Waals surface area (Å²) in [5.41, 5.74) is 1.85. The smallest absolute Gasteiger partial charge is 0.148 e. The van der Waals surface area contributed by atoms with Crippen molar-refractivity contribution >= 4 is 34.0 Å². The molecule has 0 amide bonds. The molecular weight excluding hydrogens is 471 g/mol. The van der Waals surface area contributed by atoms with Crippen LogP contribution >= 0.6 is 23.2 Å². The fourth-order valence-corrected chi connectivity index (χ4v) is 5.64. The predicted octanol–water partition coefficient (Wildman–Crippen LogP) is 6.39. The van der Waals surface area contributed by atoms with Crippen LogP contribution in [0, 0.1) is 11.3 Å². The molecule has 7 heteroatoms. The highest BCUT2D eigenvalue weighted by atomic mass is 35.5. The van der Waals surface area contributed by atoms with Gasteiger partial charge in [-0.2, -0.15) is 5.26 Å². The molecule has 0 aromatic heterocycles. The molecule has 1 heterocycles. The Morgan fingerprint density at radius 3 is 2.15 bits per heavy atom. The van der Waals surface area contributed by atoms with Gasteiger partial charge in [0.05, 0.1) is 30.4 Å². The monoisotopic (exact) mass is 498 g/mol. The number of benzene rings is 3. The van der Waals surface area contributed by atoms with E-state index in [1.54, 1.807) is 21.3 Å². The number of rotatable bonds is 6. The van der Waals surface area contributed by atoms with Crippen LogP contribution in [0.15, 0.2) is 42.5 Å². The molecule has 1 saturated heterocycles. The summed E-state index contributed by atoms with van der Waals surface area (Å²) in [4.78, 5) is 2.31. The molecule has 1 atom stereocenters. The maximum Gasteiger partial charge on any atom is 0.148 e. The summed E-state index contributed by atoms with van der Waals surface area (Å²) in [5.74, 6) is 0.976. The van der Waals surface area contributed by atoms with E-state index in [-0.39, 0.29) is 0 Å². The van der Waals surface area contributed by atoms with Crippen molar-refractivity contribution in [3.63, 3.8) is 0 Å². The van der Waals surface area contributed by atoms with Crippen molar-refractivity contribution < 1.29 is 14.2 Å². The summed E-state index contributed by atoms with van der Waals surface area (Å²) >= 11 is 12.8. The SMILES string of the molecule is COc1c(C#N)c(OC)c2ccccc2c1C(OC)C1(c2ccc(Cl)c(Cl)c2)CCN(C)CC1. The molecule has 3 aromatic rings. The van der Waals surface area contributed by atoms with Crippen molar-refractivity contribution in [1.29, 1.82) is 5.26 Å². The number of fused-ring (bicyclic) bond motifs is 1. The van der Waals surface area contributed by atoms with Gasteiger partial charge in [0.1, 0.15) is 23.1 Å². The Morgan fingerprint density at radius 2 is 1.59 bits per heavy atom. The molecule has 0 bridgehead atoms. The minimum absolute atomic E-state index is 0.359. The van der Waals surface area contributed by atoms with Crippen LogP contribution in [0.4, 0.5) is 0 Å². The van der Waals surface area contributed by atoms with Gasteiger partial charge in [-0.25, -0.2) is 0 Å². The van der Waals surface area contributed by atoms with Crippen molar-refractivity contribution in [2.24, 2.45) is 0 Å². The van der Waals surface area contributed by atoms with E-state index in [1.807, 2.05) is 42.5 Å². The zero-order chi connectivity index (χ0) is 24.5.